The van der Waals surface area contributed by atoms with Crippen molar-refractivity contribution in [2.75, 3.05) is 35.9 Å². The van der Waals surface area contributed by atoms with E-state index in [1.165, 1.54) is 0 Å². The van der Waals surface area contributed by atoms with Crippen LogP contribution in [0.4, 0.5) is 11.4 Å². The van der Waals surface area contributed by atoms with Crippen LogP contribution in [-0.4, -0.2) is 34.7 Å². The minimum Gasteiger partial charge on any atom is -0.378 e. The van der Waals surface area contributed by atoms with Gasteiger partial charge < -0.3 is 9.64 Å². The van der Waals surface area contributed by atoms with Crippen molar-refractivity contribution in [1.82, 2.24) is 0 Å². The van der Waals surface area contributed by atoms with Crippen molar-refractivity contribution >= 4 is 33.0 Å². The molecule has 1 aliphatic heterocycles. The largest absolute Gasteiger partial charge is 0.378 e. The highest BCUT2D eigenvalue weighted by molar-refractivity contribution is 7.92. The minimum absolute atomic E-state index is 0.223. The monoisotopic (exact) mass is 366 g/mol. The van der Waals surface area contributed by atoms with Crippen LogP contribution in [0, 0.1) is 6.92 Å². The Balaban J connectivity index is 1.93. The second-order valence-corrected chi connectivity index (χ2v) is 7.80. The van der Waals surface area contributed by atoms with Gasteiger partial charge in [0, 0.05) is 18.1 Å². The number of rotatable bonds is 4. The standard InChI is InChI=1S/C17H19ClN2O3S/c1-13-2-5-15(6-3-13)24(21,22)19-16-12-14(18)4-7-17(16)20-8-10-23-11-9-20/h2-7,12,19H,8-11H2,1H3. The van der Waals surface area contributed by atoms with Crippen molar-refractivity contribution in [2.45, 2.75) is 11.8 Å². The van der Waals surface area contributed by atoms with E-state index in [9.17, 15) is 8.42 Å². The first-order chi connectivity index (χ1) is 11.5. The van der Waals surface area contributed by atoms with Gasteiger partial charge in [0.05, 0.1) is 29.5 Å². The van der Waals surface area contributed by atoms with Gasteiger partial charge in [0.1, 0.15) is 0 Å². The lowest BCUT2D eigenvalue weighted by Crippen LogP contribution is -2.36. The lowest BCUT2D eigenvalue weighted by atomic mass is 10.2. The zero-order valence-corrected chi connectivity index (χ0v) is 14.9. The van der Waals surface area contributed by atoms with Crippen LogP contribution in [0.25, 0.3) is 0 Å². The highest BCUT2D eigenvalue weighted by Crippen LogP contribution is 2.31. The quantitative estimate of drug-likeness (QED) is 0.902. The van der Waals surface area contributed by atoms with Crippen LogP contribution in [-0.2, 0) is 14.8 Å². The Hall–Kier alpha value is -1.76. The number of anilines is 2. The Labute approximate surface area is 147 Å². The number of ether oxygens (including phenoxy) is 1. The fraction of sp³-hybridized carbons (Fsp3) is 0.294. The average Bonchev–Trinajstić information content (AvgIpc) is 2.56. The summed E-state index contributed by atoms with van der Waals surface area (Å²) in [5.74, 6) is 0. The number of hydrogen-bond acceptors (Lipinski definition) is 4. The van der Waals surface area contributed by atoms with Gasteiger partial charge in [-0.3, -0.25) is 4.72 Å². The van der Waals surface area contributed by atoms with Crippen molar-refractivity contribution in [2.24, 2.45) is 0 Å². The molecule has 1 saturated heterocycles. The van der Waals surface area contributed by atoms with Crippen LogP contribution < -0.4 is 9.62 Å². The lowest BCUT2D eigenvalue weighted by Gasteiger charge is -2.30. The zero-order valence-electron chi connectivity index (χ0n) is 13.3. The van der Waals surface area contributed by atoms with Gasteiger partial charge in [-0.1, -0.05) is 29.3 Å². The van der Waals surface area contributed by atoms with E-state index in [0.717, 1.165) is 11.3 Å². The third-order valence-electron chi connectivity index (χ3n) is 3.89. The number of morpholine rings is 1. The molecule has 1 N–H and O–H groups in total. The Morgan fingerprint density at radius 1 is 1.08 bits per heavy atom. The summed E-state index contributed by atoms with van der Waals surface area (Å²) in [5, 5.41) is 0.480. The van der Waals surface area contributed by atoms with E-state index in [2.05, 4.69) is 9.62 Å². The van der Waals surface area contributed by atoms with Crippen molar-refractivity contribution < 1.29 is 13.2 Å². The Bertz CT molecular complexity index is 816. The molecule has 0 unspecified atom stereocenters. The molecular weight excluding hydrogens is 348 g/mol. The second kappa shape index (κ2) is 7.01. The number of sulfonamides is 1. The molecule has 0 amide bonds. The maximum atomic E-state index is 12.7. The van der Waals surface area contributed by atoms with Gasteiger partial charge in [0.15, 0.2) is 0 Å². The van der Waals surface area contributed by atoms with Crippen molar-refractivity contribution in [1.29, 1.82) is 0 Å². The number of benzene rings is 2. The Morgan fingerprint density at radius 3 is 2.42 bits per heavy atom. The summed E-state index contributed by atoms with van der Waals surface area (Å²) in [5.41, 5.74) is 2.29. The fourth-order valence-electron chi connectivity index (χ4n) is 2.59. The summed E-state index contributed by atoms with van der Waals surface area (Å²) < 4.78 is 33.3. The Morgan fingerprint density at radius 2 is 1.75 bits per heavy atom. The van der Waals surface area contributed by atoms with E-state index in [4.69, 9.17) is 16.3 Å². The average molecular weight is 367 g/mol. The summed E-state index contributed by atoms with van der Waals surface area (Å²) in [6.07, 6.45) is 0. The van der Waals surface area contributed by atoms with Crippen molar-refractivity contribution in [3.8, 4) is 0 Å². The molecule has 1 heterocycles. The summed E-state index contributed by atoms with van der Waals surface area (Å²) in [6.45, 7) is 4.57. The first-order valence-corrected chi connectivity index (χ1v) is 9.53. The van der Waals surface area contributed by atoms with Crippen molar-refractivity contribution in [3.05, 3.63) is 53.1 Å². The van der Waals surface area contributed by atoms with Gasteiger partial charge in [-0.2, -0.15) is 0 Å². The third kappa shape index (κ3) is 3.83. The molecule has 0 atom stereocenters. The molecule has 7 heteroatoms. The topological polar surface area (TPSA) is 58.6 Å². The van der Waals surface area contributed by atoms with Crippen LogP contribution in [0.15, 0.2) is 47.4 Å². The summed E-state index contributed by atoms with van der Waals surface area (Å²) in [7, 11) is -3.67. The summed E-state index contributed by atoms with van der Waals surface area (Å²) in [4.78, 5) is 2.31. The fourth-order valence-corrected chi connectivity index (χ4v) is 3.83. The molecule has 0 radical (unpaired) electrons. The predicted octanol–water partition coefficient (Wildman–Crippen LogP) is 3.29. The number of nitrogens with one attached hydrogen (secondary N) is 1. The molecule has 3 rings (SSSR count). The van der Waals surface area contributed by atoms with Gasteiger partial charge >= 0.3 is 0 Å². The molecule has 2 aromatic rings. The van der Waals surface area contributed by atoms with Crippen LogP contribution in [0.2, 0.25) is 5.02 Å². The van der Waals surface area contributed by atoms with Crippen LogP contribution in [0.1, 0.15) is 5.56 Å². The highest BCUT2D eigenvalue weighted by Gasteiger charge is 2.20. The normalized spacial score (nSPS) is 15.3. The summed E-state index contributed by atoms with van der Waals surface area (Å²) >= 11 is 6.07. The molecule has 0 aromatic heterocycles. The number of hydrogen-bond donors (Lipinski definition) is 1. The van der Waals surface area contributed by atoms with Crippen LogP contribution >= 0.6 is 11.6 Å². The first kappa shape index (κ1) is 17.1. The SMILES string of the molecule is Cc1ccc(S(=O)(=O)Nc2cc(Cl)ccc2N2CCOCC2)cc1. The predicted molar refractivity (Wildman–Crippen MR) is 96.5 cm³/mol. The van der Waals surface area contributed by atoms with Gasteiger partial charge in [-0.15, -0.1) is 0 Å². The van der Waals surface area contributed by atoms with E-state index < -0.39 is 10.0 Å². The van der Waals surface area contributed by atoms with Gasteiger partial charge in [-0.05, 0) is 37.3 Å². The molecule has 0 saturated carbocycles. The van der Waals surface area contributed by atoms with E-state index in [0.29, 0.717) is 37.0 Å². The van der Waals surface area contributed by atoms with E-state index in [-0.39, 0.29) is 4.90 Å². The maximum absolute atomic E-state index is 12.7. The zero-order chi connectivity index (χ0) is 17.2. The Kier molecular flexibility index (Phi) is 4.99. The van der Waals surface area contributed by atoms with Gasteiger partial charge in [0.25, 0.3) is 10.0 Å². The molecule has 24 heavy (non-hydrogen) atoms. The molecule has 2 aromatic carbocycles. The molecule has 0 spiro atoms. The second-order valence-electron chi connectivity index (χ2n) is 5.68. The molecule has 5 nitrogen and oxygen atoms in total. The van der Waals surface area contributed by atoms with Crippen LogP contribution in [0.5, 0.6) is 0 Å². The molecule has 0 bridgehead atoms. The molecule has 1 aliphatic rings. The van der Waals surface area contributed by atoms with Gasteiger partial charge in [-0.25, -0.2) is 8.42 Å². The van der Waals surface area contributed by atoms with Gasteiger partial charge in [0.2, 0.25) is 0 Å². The number of nitrogens with zero attached hydrogens (tertiary/aromatic N) is 1. The summed E-state index contributed by atoms with van der Waals surface area (Å²) in [6, 6.07) is 12.0. The van der Waals surface area contributed by atoms with E-state index in [1.54, 1.807) is 36.4 Å². The molecule has 1 fully saturated rings. The van der Waals surface area contributed by atoms with Crippen molar-refractivity contribution in [3.63, 3.8) is 0 Å². The van der Waals surface area contributed by atoms with E-state index >= 15 is 0 Å². The first-order valence-electron chi connectivity index (χ1n) is 7.67. The smallest absolute Gasteiger partial charge is 0.261 e. The molecule has 128 valence electrons. The third-order valence-corrected chi connectivity index (χ3v) is 5.50. The lowest BCUT2D eigenvalue weighted by molar-refractivity contribution is 0.123. The number of halogens is 1. The minimum atomic E-state index is -3.67. The molecule has 0 aliphatic carbocycles. The maximum Gasteiger partial charge on any atom is 0.261 e. The highest BCUT2D eigenvalue weighted by atomic mass is 35.5. The van der Waals surface area contributed by atoms with Crippen LogP contribution in [0.3, 0.4) is 0 Å². The number of aryl methyl sites for hydroxylation is 1. The van der Waals surface area contributed by atoms with E-state index in [1.807, 2.05) is 13.0 Å². The molecular formula is C17H19ClN2O3S.